The summed E-state index contributed by atoms with van der Waals surface area (Å²) in [6, 6.07) is 3.46. The van der Waals surface area contributed by atoms with E-state index in [4.69, 9.17) is 5.73 Å². The summed E-state index contributed by atoms with van der Waals surface area (Å²) in [5.41, 5.74) is 6.73. The Balaban J connectivity index is 0.00000225. The van der Waals surface area contributed by atoms with Gasteiger partial charge in [-0.05, 0) is 40.9 Å². The van der Waals surface area contributed by atoms with Gasteiger partial charge >= 0.3 is 0 Å². The van der Waals surface area contributed by atoms with Crippen molar-refractivity contribution in [2.75, 3.05) is 0 Å². The van der Waals surface area contributed by atoms with Crippen LogP contribution >= 0.6 is 44.3 Å². The van der Waals surface area contributed by atoms with E-state index < -0.39 is 0 Å². The molecule has 1 aromatic carbocycles. The summed E-state index contributed by atoms with van der Waals surface area (Å²) in [6.07, 6.45) is 3.43. The van der Waals surface area contributed by atoms with E-state index in [1.165, 1.54) is 0 Å². The van der Waals surface area contributed by atoms with Crippen LogP contribution in [-0.2, 0) is 0 Å². The Kier molecular flexibility index (Phi) is 7.31. The maximum absolute atomic E-state index is 9.87. The van der Waals surface area contributed by atoms with Crippen molar-refractivity contribution >= 4 is 44.3 Å². The zero-order chi connectivity index (χ0) is 11.4. The summed E-state index contributed by atoms with van der Waals surface area (Å²) >= 11 is 6.66. The first-order valence-electron chi connectivity index (χ1n) is 4.61. The van der Waals surface area contributed by atoms with Crippen LogP contribution < -0.4 is 5.73 Å². The average molecular weight is 371 g/mol. The molecule has 1 rings (SSSR count). The number of halogens is 3. The van der Waals surface area contributed by atoms with E-state index in [0.717, 1.165) is 22.9 Å². The molecule has 0 saturated carbocycles. The highest BCUT2D eigenvalue weighted by molar-refractivity contribution is 9.11. The fourth-order valence-electron chi connectivity index (χ4n) is 1.35. The van der Waals surface area contributed by atoms with Crippen molar-refractivity contribution < 1.29 is 5.11 Å². The fourth-order valence-corrected chi connectivity index (χ4v) is 2.31. The molecular weight excluding hydrogens is 357 g/mol. The standard InChI is InChI=1S/C11H13Br2NO.ClH/c1-2-3-4-9(14)10-7(12)5-6-8(13)11(10)15;/h2,5-6,9,15H,1,3-4,14H2;1H/t9-;/m1./s1. The van der Waals surface area contributed by atoms with Crippen LogP contribution in [0.3, 0.4) is 0 Å². The van der Waals surface area contributed by atoms with Gasteiger partial charge < -0.3 is 10.8 Å². The minimum atomic E-state index is -0.185. The Morgan fingerprint density at radius 3 is 2.50 bits per heavy atom. The molecule has 5 heteroatoms. The molecular formula is C11H14Br2ClNO. The molecule has 0 aliphatic heterocycles. The first kappa shape index (κ1) is 16.0. The number of hydrogen-bond donors (Lipinski definition) is 2. The lowest BCUT2D eigenvalue weighted by Gasteiger charge is -2.15. The van der Waals surface area contributed by atoms with Gasteiger partial charge in [0, 0.05) is 16.1 Å². The molecule has 0 aliphatic carbocycles. The Hall–Kier alpha value is -0.0300. The second-order valence-corrected chi connectivity index (χ2v) is 4.97. The van der Waals surface area contributed by atoms with Crippen molar-refractivity contribution in [3.63, 3.8) is 0 Å². The van der Waals surface area contributed by atoms with Crippen molar-refractivity contribution in [3.8, 4) is 5.75 Å². The van der Waals surface area contributed by atoms with Crippen LogP contribution in [0.4, 0.5) is 0 Å². The van der Waals surface area contributed by atoms with E-state index in [1.807, 2.05) is 12.1 Å². The predicted molar refractivity (Wildman–Crippen MR) is 77.1 cm³/mol. The van der Waals surface area contributed by atoms with Crippen LogP contribution in [0, 0.1) is 0 Å². The number of phenolic OH excluding ortho intramolecular Hbond substituents is 1. The van der Waals surface area contributed by atoms with Gasteiger partial charge in [-0.3, -0.25) is 0 Å². The summed E-state index contributed by atoms with van der Waals surface area (Å²) in [6.45, 7) is 3.65. The number of benzene rings is 1. The van der Waals surface area contributed by atoms with Gasteiger partial charge in [-0.2, -0.15) is 0 Å². The van der Waals surface area contributed by atoms with Crippen molar-refractivity contribution in [1.29, 1.82) is 0 Å². The predicted octanol–water partition coefficient (Wildman–Crippen LogP) is 4.31. The Labute approximate surface area is 119 Å². The molecule has 0 bridgehead atoms. The Morgan fingerprint density at radius 2 is 1.94 bits per heavy atom. The van der Waals surface area contributed by atoms with Crippen LogP contribution in [0.1, 0.15) is 24.4 Å². The van der Waals surface area contributed by atoms with Gasteiger partial charge in [0.05, 0.1) is 4.47 Å². The molecule has 0 heterocycles. The van der Waals surface area contributed by atoms with E-state index >= 15 is 0 Å². The second-order valence-electron chi connectivity index (χ2n) is 3.26. The maximum atomic E-state index is 9.87. The molecule has 1 atom stereocenters. The van der Waals surface area contributed by atoms with Gasteiger partial charge in [-0.25, -0.2) is 0 Å². The van der Waals surface area contributed by atoms with Crippen molar-refractivity contribution in [2.45, 2.75) is 18.9 Å². The van der Waals surface area contributed by atoms with Gasteiger partial charge in [-0.15, -0.1) is 19.0 Å². The number of phenols is 1. The summed E-state index contributed by atoms with van der Waals surface area (Å²) in [4.78, 5) is 0. The van der Waals surface area contributed by atoms with Crippen LogP contribution in [0.15, 0.2) is 33.7 Å². The quantitative estimate of drug-likeness (QED) is 0.775. The molecule has 0 saturated heterocycles. The Bertz CT molecular complexity index is 371. The molecule has 1 aromatic rings. The van der Waals surface area contributed by atoms with E-state index in [2.05, 4.69) is 38.4 Å². The zero-order valence-corrected chi connectivity index (χ0v) is 12.6. The summed E-state index contributed by atoms with van der Waals surface area (Å²) in [5, 5.41) is 9.87. The normalized spacial score (nSPS) is 11.7. The highest BCUT2D eigenvalue weighted by Crippen LogP contribution is 2.37. The lowest BCUT2D eigenvalue weighted by Crippen LogP contribution is -2.11. The summed E-state index contributed by atoms with van der Waals surface area (Å²) in [5.74, 6) is 0.209. The lowest BCUT2D eigenvalue weighted by molar-refractivity contribution is 0.454. The molecule has 3 N–H and O–H groups in total. The van der Waals surface area contributed by atoms with Crippen LogP contribution in [0.2, 0.25) is 0 Å². The van der Waals surface area contributed by atoms with E-state index in [0.29, 0.717) is 4.47 Å². The molecule has 16 heavy (non-hydrogen) atoms. The zero-order valence-electron chi connectivity index (χ0n) is 8.62. The second kappa shape index (κ2) is 7.33. The molecule has 0 amide bonds. The molecule has 0 aromatic heterocycles. The van der Waals surface area contributed by atoms with Gasteiger partial charge in [-0.1, -0.05) is 22.0 Å². The first-order chi connectivity index (χ1) is 7.07. The molecule has 90 valence electrons. The number of aromatic hydroxyl groups is 1. The fraction of sp³-hybridized carbons (Fsp3) is 0.273. The number of allylic oxidation sites excluding steroid dienone is 1. The molecule has 0 aliphatic rings. The van der Waals surface area contributed by atoms with Crippen LogP contribution in [-0.4, -0.2) is 5.11 Å². The molecule has 0 spiro atoms. The third-order valence-electron chi connectivity index (χ3n) is 2.17. The van der Waals surface area contributed by atoms with Crippen molar-refractivity contribution in [1.82, 2.24) is 0 Å². The molecule has 0 fully saturated rings. The third kappa shape index (κ3) is 3.77. The number of hydrogen-bond acceptors (Lipinski definition) is 2. The van der Waals surface area contributed by atoms with Crippen molar-refractivity contribution in [2.24, 2.45) is 5.73 Å². The Morgan fingerprint density at radius 1 is 1.38 bits per heavy atom. The number of nitrogens with two attached hydrogens (primary N) is 1. The van der Waals surface area contributed by atoms with Gasteiger partial charge in [0.25, 0.3) is 0 Å². The molecule has 0 unspecified atom stereocenters. The minimum absolute atomic E-state index is 0. The smallest absolute Gasteiger partial charge is 0.135 e. The van der Waals surface area contributed by atoms with Gasteiger partial charge in [0.15, 0.2) is 0 Å². The SMILES string of the molecule is C=CCC[C@@H](N)c1c(Br)ccc(Br)c1O.Cl. The highest BCUT2D eigenvalue weighted by atomic mass is 79.9. The van der Waals surface area contributed by atoms with Gasteiger partial charge in [0.1, 0.15) is 5.75 Å². The van der Waals surface area contributed by atoms with Crippen LogP contribution in [0.5, 0.6) is 5.75 Å². The van der Waals surface area contributed by atoms with Crippen molar-refractivity contribution in [3.05, 3.63) is 39.3 Å². The molecule has 0 radical (unpaired) electrons. The van der Waals surface area contributed by atoms with E-state index in [-0.39, 0.29) is 24.2 Å². The third-order valence-corrected chi connectivity index (χ3v) is 3.50. The lowest BCUT2D eigenvalue weighted by atomic mass is 10.0. The minimum Gasteiger partial charge on any atom is -0.506 e. The largest absolute Gasteiger partial charge is 0.506 e. The van der Waals surface area contributed by atoms with E-state index in [9.17, 15) is 5.11 Å². The van der Waals surface area contributed by atoms with Crippen LogP contribution in [0.25, 0.3) is 0 Å². The monoisotopic (exact) mass is 369 g/mol. The first-order valence-corrected chi connectivity index (χ1v) is 6.20. The maximum Gasteiger partial charge on any atom is 0.135 e. The molecule has 2 nitrogen and oxygen atoms in total. The van der Waals surface area contributed by atoms with Gasteiger partial charge in [0.2, 0.25) is 0 Å². The summed E-state index contributed by atoms with van der Waals surface area (Å²) in [7, 11) is 0. The van der Waals surface area contributed by atoms with E-state index in [1.54, 1.807) is 6.07 Å². The summed E-state index contributed by atoms with van der Waals surface area (Å²) < 4.78 is 1.49. The topological polar surface area (TPSA) is 46.2 Å². The highest BCUT2D eigenvalue weighted by Gasteiger charge is 2.16. The average Bonchev–Trinajstić information content (AvgIpc) is 2.21. The number of rotatable bonds is 4.